The Morgan fingerprint density at radius 3 is 2.69 bits per heavy atom. The molecule has 2 rings (SSSR count). The summed E-state index contributed by atoms with van der Waals surface area (Å²) in [5.41, 5.74) is 2.44. The van der Waals surface area contributed by atoms with Gasteiger partial charge in [-0.25, -0.2) is 0 Å². The summed E-state index contributed by atoms with van der Waals surface area (Å²) in [5, 5.41) is 12.9. The normalized spacial score (nSPS) is 25.2. The van der Waals surface area contributed by atoms with E-state index >= 15 is 0 Å². The molecule has 0 amide bonds. The third kappa shape index (κ3) is 2.34. The fourth-order valence-corrected chi connectivity index (χ4v) is 2.27. The molecule has 0 fully saturated rings. The number of aliphatic hydroxyl groups excluding tert-OH is 1. The second-order valence-electron chi connectivity index (χ2n) is 4.30. The zero-order valence-corrected chi connectivity index (χ0v) is 9.69. The first-order chi connectivity index (χ1) is 7.85. The van der Waals surface area contributed by atoms with Gasteiger partial charge >= 0.3 is 0 Å². The maximum Gasteiger partial charge on any atom is 0.0645 e. The number of rotatable bonds is 3. The first-order valence-electron chi connectivity index (χ1n) is 5.95. The van der Waals surface area contributed by atoms with Gasteiger partial charge in [-0.3, -0.25) is 0 Å². The van der Waals surface area contributed by atoms with E-state index < -0.39 is 0 Å². The van der Waals surface area contributed by atoms with E-state index in [1.54, 1.807) is 0 Å². The van der Waals surface area contributed by atoms with E-state index in [9.17, 15) is 5.11 Å². The Bertz CT molecular complexity index is 358. The average Bonchev–Trinajstić information content (AvgIpc) is 2.39. The summed E-state index contributed by atoms with van der Waals surface area (Å²) >= 11 is 0. The fourth-order valence-electron chi connectivity index (χ4n) is 2.27. The van der Waals surface area contributed by atoms with Crippen molar-refractivity contribution in [3.05, 3.63) is 47.5 Å². The van der Waals surface area contributed by atoms with Crippen molar-refractivity contribution in [2.75, 3.05) is 13.2 Å². The maximum atomic E-state index is 9.36. The quantitative estimate of drug-likeness (QED) is 0.761. The van der Waals surface area contributed by atoms with Gasteiger partial charge in [-0.05, 0) is 23.5 Å². The van der Waals surface area contributed by atoms with Crippen LogP contribution in [0.3, 0.4) is 0 Å². The minimum atomic E-state index is 0.184. The third-order valence-electron chi connectivity index (χ3n) is 3.32. The summed E-state index contributed by atoms with van der Waals surface area (Å²) in [5.74, 6) is 0.491. The molecule has 0 unspecified atom stereocenters. The van der Waals surface area contributed by atoms with Gasteiger partial charge in [0.2, 0.25) is 0 Å². The molecule has 2 atom stereocenters. The lowest BCUT2D eigenvalue weighted by Gasteiger charge is -2.29. The fraction of sp³-hybridized carbons (Fsp3) is 0.429. The molecule has 1 aliphatic heterocycles. The van der Waals surface area contributed by atoms with Gasteiger partial charge < -0.3 is 10.4 Å². The first kappa shape index (κ1) is 11.4. The number of hydrogen-bond acceptors (Lipinski definition) is 2. The molecule has 2 heteroatoms. The van der Waals surface area contributed by atoms with E-state index in [1.165, 1.54) is 11.1 Å². The molecule has 0 saturated heterocycles. The summed E-state index contributed by atoms with van der Waals surface area (Å²) in [4.78, 5) is 0. The molecule has 86 valence electrons. The topological polar surface area (TPSA) is 32.3 Å². The number of aliphatic hydroxyl groups is 1. The summed E-state index contributed by atoms with van der Waals surface area (Å²) in [6, 6.07) is 10.6. The van der Waals surface area contributed by atoms with Crippen molar-refractivity contribution in [3.8, 4) is 0 Å². The molecule has 2 N–H and O–H groups in total. The molecule has 1 heterocycles. The van der Waals surface area contributed by atoms with E-state index in [0.717, 1.165) is 13.0 Å². The molecule has 0 spiro atoms. The Hall–Kier alpha value is -1.12. The number of hydrogen-bond donors (Lipinski definition) is 2. The summed E-state index contributed by atoms with van der Waals surface area (Å²) < 4.78 is 0. The van der Waals surface area contributed by atoms with Crippen molar-refractivity contribution >= 4 is 0 Å². The van der Waals surface area contributed by atoms with E-state index in [1.807, 2.05) is 6.07 Å². The third-order valence-corrected chi connectivity index (χ3v) is 3.32. The highest BCUT2D eigenvalue weighted by molar-refractivity contribution is 5.27. The Morgan fingerprint density at radius 1 is 1.31 bits per heavy atom. The molecular weight excluding hydrogens is 198 g/mol. The van der Waals surface area contributed by atoms with Gasteiger partial charge in [-0.15, -0.1) is 0 Å². The minimum absolute atomic E-state index is 0.184. The van der Waals surface area contributed by atoms with Crippen molar-refractivity contribution in [2.45, 2.75) is 19.4 Å². The van der Waals surface area contributed by atoms with Crippen LogP contribution in [0.2, 0.25) is 0 Å². The van der Waals surface area contributed by atoms with Gasteiger partial charge in [0.1, 0.15) is 0 Å². The van der Waals surface area contributed by atoms with E-state index in [2.05, 4.69) is 42.6 Å². The Morgan fingerprint density at radius 2 is 2.06 bits per heavy atom. The van der Waals surface area contributed by atoms with E-state index in [0.29, 0.717) is 5.92 Å². The first-order valence-corrected chi connectivity index (χ1v) is 5.95. The van der Waals surface area contributed by atoms with Crippen LogP contribution >= 0.6 is 0 Å². The average molecular weight is 217 g/mol. The SMILES string of the molecule is CC[C@@H]1CN[C@H](c2ccccc2)C=C1CO. The van der Waals surface area contributed by atoms with Crippen LogP contribution in [0, 0.1) is 5.92 Å². The minimum Gasteiger partial charge on any atom is -0.392 e. The Kier molecular flexibility index (Phi) is 3.75. The molecular formula is C14H19NO. The van der Waals surface area contributed by atoms with Crippen molar-refractivity contribution < 1.29 is 5.11 Å². The van der Waals surface area contributed by atoms with Gasteiger partial charge in [0.25, 0.3) is 0 Å². The molecule has 0 aromatic heterocycles. The molecule has 0 radical (unpaired) electrons. The zero-order valence-electron chi connectivity index (χ0n) is 9.69. The lowest BCUT2D eigenvalue weighted by Crippen LogP contribution is -2.33. The summed E-state index contributed by atoms with van der Waals surface area (Å²) in [7, 11) is 0. The summed E-state index contributed by atoms with van der Waals surface area (Å²) in [6.07, 6.45) is 3.26. The van der Waals surface area contributed by atoms with Crippen LogP contribution in [0.25, 0.3) is 0 Å². The molecule has 16 heavy (non-hydrogen) atoms. The number of nitrogens with one attached hydrogen (secondary N) is 1. The van der Waals surface area contributed by atoms with Crippen LogP contribution < -0.4 is 5.32 Å². The van der Waals surface area contributed by atoms with Gasteiger partial charge in [-0.1, -0.05) is 43.3 Å². The second-order valence-corrected chi connectivity index (χ2v) is 4.30. The lowest BCUT2D eigenvalue weighted by atomic mass is 9.89. The highest BCUT2D eigenvalue weighted by Crippen LogP contribution is 2.25. The van der Waals surface area contributed by atoms with Crippen LogP contribution in [-0.2, 0) is 0 Å². The van der Waals surface area contributed by atoms with E-state index in [4.69, 9.17) is 0 Å². The van der Waals surface area contributed by atoms with Gasteiger partial charge in [-0.2, -0.15) is 0 Å². The second kappa shape index (κ2) is 5.28. The maximum absolute atomic E-state index is 9.36. The Labute approximate surface area is 97.0 Å². The van der Waals surface area contributed by atoms with Gasteiger partial charge in [0.05, 0.1) is 12.6 Å². The van der Waals surface area contributed by atoms with E-state index in [-0.39, 0.29) is 12.6 Å². The zero-order chi connectivity index (χ0) is 11.4. The predicted octanol–water partition coefficient (Wildman–Crippen LogP) is 2.28. The molecule has 1 aromatic rings. The molecule has 0 saturated carbocycles. The summed E-state index contributed by atoms with van der Waals surface area (Å²) in [6.45, 7) is 3.31. The van der Waals surface area contributed by atoms with Crippen LogP contribution in [-0.4, -0.2) is 18.3 Å². The highest BCUT2D eigenvalue weighted by Gasteiger charge is 2.21. The molecule has 1 aromatic carbocycles. The monoisotopic (exact) mass is 217 g/mol. The molecule has 1 aliphatic rings. The van der Waals surface area contributed by atoms with Crippen LogP contribution in [0.15, 0.2) is 42.0 Å². The van der Waals surface area contributed by atoms with Gasteiger partial charge in [0, 0.05) is 6.54 Å². The molecule has 2 nitrogen and oxygen atoms in total. The van der Waals surface area contributed by atoms with Gasteiger partial charge in [0.15, 0.2) is 0 Å². The smallest absolute Gasteiger partial charge is 0.0645 e. The van der Waals surface area contributed by atoms with Crippen molar-refractivity contribution in [1.29, 1.82) is 0 Å². The molecule has 0 aliphatic carbocycles. The number of benzene rings is 1. The van der Waals surface area contributed by atoms with Crippen molar-refractivity contribution in [2.24, 2.45) is 5.92 Å². The van der Waals surface area contributed by atoms with Crippen LogP contribution in [0.1, 0.15) is 24.9 Å². The van der Waals surface area contributed by atoms with Crippen molar-refractivity contribution in [3.63, 3.8) is 0 Å². The predicted molar refractivity (Wildman–Crippen MR) is 66.1 cm³/mol. The Balaban J connectivity index is 2.20. The highest BCUT2D eigenvalue weighted by atomic mass is 16.3. The van der Waals surface area contributed by atoms with Crippen LogP contribution in [0.4, 0.5) is 0 Å². The molecule has 0 bridgehead atoms. The van der Waals surface area contributed by atoms with Crippen LogP contribution in [0.5, 0.6) is 0 Å². The lowest BCUT2D eigenvalue weighted by molar-refractivity contribution is 0.299. The van der Waals surface area contributed by atoms with Crippen molar-refractivity contribution in [1.82, 2.24) is 5.32 Å². The largest absolute Gasteiger partial charge is 0.392 e. The standard InChI is InChI=1S/C14H19NO/c1-2-11-9-15-14(8-13(11)10-16)12-6-4-3-5-7-12/h3-8,11,14-16H,2,9-10H2,1H3/t11-,14+/m1/s1.